The number of hydrogen-bond acceptors (Lipinski definition) is 4. The molecule has 0 unspecified atom stereocenters. The van der Waals surface area contributed by atoms with Gasteiger partial charge in [0.25, 0.3) is 5.56 Å². The van der Waals surface area contributed by atoms with Crippen LogP contribution in [0.5, 0.6) is 0 Å². The molecule has 0 atom stereocenters. The number of allylic oxidation sites excluding steroid dienone is 4. The molecule has 1 aliphatic heterocycles. The highest BCUT2D eigenvalue weighted by Crippen LogP contribution is 2.40. The van der Waals surface area contributed by atoms with E-state index in [9.17, 15) is 4.79 Å². The van der Waals surface area contributed by atoms with Gasteiger partial charge in [-0.15, -0.1) is 0 Å². The predicted octanol–water partition coefficient (Wildman–Crippen LogP) is 7.79. The molecule has 42 heavy (non-hydrogen) atoms. The second-order valence-corrected chi connectivity index (χ2v) is 11.5. The number of nitrogens with one attached hydrogen (secondary N) is 1. The quantitative estimate of drug-likeness (QED) is 0.234. The molecular formula is C36H33ClN4O. The monoisotopic (exact) mass is 572 g/mol. The van der Waals surface area contributed by atoms with E-state index in [0.29, 0.717) is 5.39 Å². The van der Waals surface area contributed by atoms with E-state index in [0.717, 1.165) is 42.4 Å². The number of aromatic amines is 1. The van der Waals surface area contributed by atoms with Gasteiger partial charge in [0.1, 0.15) is 0 Å². The van der Waals surface area contributed by atoms with Crippen LogP contribution >= 0.6 is 11.6 Å². The van der Waals surface area contributed by atoms with Crippen molar-refractivity contribution in [2.24, 2.45) is 0 Å². The maximum Gasteiger partial charge on any atom is 0.258 e. The third-order valence-corrected chi connectivity index (χ3v) is 9.07. The van der Waals surface area contributed by atoms with Crippen LogP contribution in [0.25, 0.3) is 27.2 Å². The molecule has 0 saturated carbocycles. The lowest BCUT2D eigenvalue weighted by Crippen LogP contribution is -2.46. The Morgan fingerprint density at radius 2 is 1.60 bits per heavy atom. The summed E-state index contributed by atoms with van der Waals surface area (Å²) in [6, 6.07) is 27.2. The smallest absolute Gasteiger partial charge is 0.258 e. The van der Waals surface area contributed by atoms with Crippen LogP contribution in [0.15, 0.2) is 108 Å². The van der Waals surface area contributed by atoms with Crippen LogP contribution in [0.3, 0.4) is 0 Å². The number of fused-ring (bicyclic) bond motifs is 5. The second kappa shape index (κ2) is 11.5. The molecule has 1 aromatic heterocycles. The normalized spacial score (nSPS) is 16.2. The Balaban J connectivity index is 0.000000220. The van der Waals surface area contributed by atoms with Gasteiger partial charge in [0.05, 0.1) is 27.9 Å². The number of piperazine rings is 1. The van der Waals surface area contributed by atoms with E-state index < -0.39 is 0 Å². The number of aryl methyl sites for hydroxylation is 1. The summed E-state index contributed by atoms with van der Waals surface area (Å²) >= 11 is 6.41. The highest BCUT2D eigenvalue weighted by molar-refractivity contribution is 6.33. The van der Waals surface area contributed by atoms with Crippen molar-refractivity contribution in [1.29, 1.82) is 0 Å². The molecule has 4 aromatic carbocycles. The minimum Gasteiger partial charge on any atom is -0.368 e. The van der Waals surface area contributed by atoms with Crippen molar-refractivity contribution in [2.45, 2.75) is 25.7 Å². The number of nitrogens with zero attached hydrogens (tertiary/aromatic N) is 3. The molecule has 5 nitrogen and oxygen atoms in total. The lowest BCUT2D eigenvalue weighted by atomic mass is 9.79. The fourth-order valence-corrected chi connectivity index (χ4v) is 6.81. The first-order valence-electron chi connectivity index (χ1n) is 14.8. The fraction of sp³-hybridized carbons (Fsp3) is 0.222. The van der Waals surface area contributed by atoms with Gasteiger partial charge in [0.15, 0.2) is 0 Å². The van der Waals surface area contributed by atoms with Crippen LogP contribution in [0, 0.1) is 0 Å². The van der Waals surface area contributed by atoms with Crippen molar-refractivity contribution in [3.63, 3.8) is 0 Å². The Kier molecular flexibility index (Phi) is 7.27. The Labute approximate surface area is 250 Å². The zero-order chi connectivity index (χ0) is 28.5. The van der Waals surface area contributed by atoms with E-state index in [4.69, 9.17) is 11.6 Å². The third kappa shape index (κ3) is 5.10. The Morgan fingerprint density at radius 1 is 0.786 bits per heavy atom. The zero-order valence-electron chi connectivity index (χ0n) is 23.5. The number of rotatable bonds is 2. The number of para-hydroxylation sites is 2. The average Bonchev–Trinajstić information content (AvgIpc) is 3.05. The van der Waals surface area contributed by atoms with E-state index >= 15 is 0 Å². The van der Waals surface area contributed by atoms with Gasteiger partial charge in [-0.05, 0) is 89.6 Å². The van der Waals surface area contributed by atoms with E-state index in [-0.39, 0.29) is 5.56 Å². The molecule has 210 valence electrons. The third-order valence-electron chi connectivity index (χ3n) is 8.75. The van der Waals surface area contributed by atoms with Gasteiger partial charge in [-0.25, -0.2) is 4.98 Å². The van der Waals surface area contributed by atoms with Crippen LogP contribution in [0.4, 0.5) is 11.4 Å². The van der Waals surface area contributed by atoms with Crippen LogP contribution in [-0.2, 0) is 6.42 Å². The number of hydrogen-bond donors (Lipinski definition) is 1. The lowest BCUT2D eigenvalue weighted by molar-refractivity contribution is 0.654. The largest absolute Gasteiger partial charge is 0.368 e. The maximum absolute atomic E-state index is 11.1. The number of halogens is 1. The Bertz CT molecular complexity index is 1890. The van der Waals surface area contributed by atoms with Crippen molar-refractivity contribution < 1.29 is 0 Å². The zero-order valence-corrected chi connectivity index (χ0v) is 24.3. The molecule has 1 N–H and O–H groups in total. The van der Waals surface area contributed by atoms with E-state index in [1.807, 2.05) is 30.3 Å². The lowest BCUT2D eigenvalue weighted by Gasteiger charge is -2.38. The van der Waals surface area contributed by atoms with Crippen molar-refractivity contribution in [1.82, 2.24) is 9.97 Å². The average molecular weight is 573 g/mol. The van der Waals surface area contributed by atoms with Gasteiger partial charge in [0, 0.05) is 31.9 Å². The Hall–Kier alpha value is -4.35. The van der Waals surface area contributed by atoms with E-state index in [1.165, 1.54) is 65.2 Å². The molecule has 2 aliphatic carbocycles. The minimum absolute atomic E-state index is 0.0874. The minimum atomic E-state index is -0.0874. The summed E-state index contributed by atoms with van der Waals surface area (Å²) in [6.07, 6.45) is 10.9. The topological polar surface area (TPSA) is 52.2 Å². The van der Waals surface area contributed by atoms with Crippen LogP contribution in [0.2, 0.25) is 5.02 Å². The molecule has 5 aromatic rings. The van der Waals surface area contributed by atoms with Crippen LogP contribution in [-0.4, -0.2) is 36.1 Å². The van der Waals surface area contributed by atoms with Crippen molar-refractivity contribution in [3.05, 3.63) is 129 Å². The molecule has 1 saturated heterocycles. The molecule has 0 amide bonds. The summed E-state index contributed by atoms with van der Waals surface area (Å²) in [5.74, 6) is 0. The predicted molar refractivity (Wildman–Crippen MR) is 176 cm³/mol. The molecular weight excluding hydrogens is 540 g/mol. The number of anilines is 2. The molecule has 1 fully saturated rings. The second-order valence-electron chi connectivity index (χ2n) is 11.1. The summed E-state index contributed by atoms with van der Waals surface area (Å²) in [4.78, 5) is 22.5. The Morgan fingerprint density at radius 3 is 2.45 bits per heavy atom. The first kappa shape index (κ1) is 26.5. The molecule has 6 heteroatoms. The van der Waals surface area contributed by atoms with Gasteiger partial charge in [-0.1, -0.05) is 71.8 Å². The van der Waals surface area contributed by atoms with E-state index in [2.05, 4.69) is 74.4 Å². The number of H-pyrrole nitrogens is 1. The first-order chi connectivity index (χ1) is 20.7. The van der Waals surface area contributed by atoms with E-state index in [1.54, 1.807) is 11.6 Å². The van der Waals surface area contributed by atoms with Crippen LogP contribution < -0.4 is 15.4 Å². The summed E-state index contributed by atoms with van der Waals surface area (Å²) in [7, 11) is 0. The van der Waals surface area contributed by atoms with Crippen molar-refractivity contribution >= 4 is 50.2 Å². The molecule has 2 heterocycles. The maximum atomic E-state index is 11.1. The van der Waals surface area contributed by atoms with Gasteiger partial charge in [0.2, 0.25) is 0 Å². The summed E-state index contributed by atoms with van der Waals surface area (Å²) in [5, 5.41) is 4.28. The molecule has 0 bridgehead atoms. The van der Waals surface area contributed by atoms with Gasteiger partial charge in [-0.3, -0.25) is 4.79 Å². The molecule has 0 radical (unpaired) electrons. The van der Waals surface area contributed by atoms with Gasteiger partial charge < -0.3 is 14.8 Å². The summed E-state index contributed by atoms with van der Waals surface area (Å²) < 4.78 is 0. The summed E-state index contributed by atoms with van der Waals surface area (Å²) in [6.45, 7) is 4.02. The van der Waals surface area contributed by atoms with Gasteiger partial charge in [-0.2, -0.15) is 0 Å². The molecule has 3 aliphatic rings. The molecule has 0 spiro atoms. The van der Waals surface area contributed by atoms with Gasteiger partial charge >= 0.3 is 0 Å². The highest BCUT2D eigenvalue weighted by Gasteiger charge is 2.22. The SMILES string of the molecule is Clc1ccccc1N1CCN(c2ccc3c4c(ccc3c2)C2=C(CCC=C2)CC4)CC1.O=c1[nH]cnc2ccccc12. The highest BCUT2D eigenvalue weighted by atomic mass is 35.5. The standard InChI is InChI=1S/C28H27ClN2.C8H6N2O/c29-27-7-3-4-8-28(27)31-17-15-30(16-18-31)22-11-14-24-21(19-22)10-13-25-23-6-2-1-5-20(23)9-12-26(24)25;11-8-6-3-1-2-4-7(6)9-5-10-8/h2-4,6-8,10-11,13-14,19H,1,5,9,12,15-18H2;1-5H,(H,9,10,11). The van der Waals surface area contributed by atoms with Crippen LogP contribution in [0.1, 0.15) is 30.4 Å². The first-order valence-corrected chi connectivity index (χ1v) is 15.1. The molecule has 8 rings (SSSR count). The van der Waals surface area contributed by atoms with Crippen molar-refractivity contribution in [3.8, 4) is 0 Å². The number of benzene rings is 4. The summed E-state index contributed by atoms with van der Waals surface area (Å²) in [5.41, 5.74) is 9.28. The number of aromatic nitrogens is 2. The van der Waals surface area contributed by atoms with Crippen molar-refractivity contribution in [2.75, 3.05) is 36.0 Å². The fourth-order valence-electron chi connectivity index (χ4n) is 6.56.